The van der Waals surface area contributed by atoms with Gasteiger partial charge in [0.05, 0.1) is 29.5 Å². The van der Waals surface area contributed by atoms with E-state index in [1.807, 2.05) is 0 Å². The molecule has 1 saturated heterocycles. The Hall–Kier alpha value is -1.36. The van der Waals surface area contributed by atoms with E-state index >= 15 is 0 Å². The summed E-state index contributed by atoms with van der Waals surface area (Å²) in [7, 11) is 0. The quantitative estimate of drug-likeness (QED) is 0.0651. The van der Waals surface area contributed by atoms with Crippen molar-refractivity contribution in [2.75, 3.05) is 13.2 Å². The summed E-state index contributed by atoms with van der Waals surface area (Å²) in [6.45, 7) is 7.33. The fourth-order valence-corrected chi connectivity index (χ4v) is 11.7. The topological polar surface area (TPSA) is 138 Å². The lowest BCUT2D eigenvalue weighted by Gasteiger charge is -2.66. The summed E-state index contributed by atoms with van der Waals surface area (Å²) in [5.41, 5.74) is -1.80. The first-order chi connectivity index (χ1) is 24.0. The van der Waals surface area contributed by atoms with Gasteiger partial charge in [-0.2, -0.15) is 0 Å². The Balaban J connectivity index is 1.15. The molecule has 0 spiro atoms. The smallest absolute Gasteiger partial charge is 0.331 e. The summed E-state index contributed by atoms with van der Waals surface area (Å²) >= 11 is 0. The second-order valence-electron chi connectivity index (χ2n) is 17.4. The largest absolute Gasteiger partial charge is 0.458 e. The minimum absolute atomic E-state index is 0.0329. The van der Waals surface area contributed by atoms with Gasteiger partial charge in [-0.25, -0.2) is 4.79 Å². The van der Waals surface area contributed by atoms with Crippen LogP contribution in [0.1, 0.15) is 149 Å². The van der Waals surface area contributed by atoms with Crippen LogP contribution in [0.3, 0.4) is 0 Å². The molecule has 2 aliphatic heterocycles. The molecule has 2 heterocycles. The van der Waals surface area contributed by atoms with Crippen molar-refractivity contribution >= 4 is 12.2 Å². The monoisotopic (exact) mass is 701 g/mol. The van der Waals surface area contributed by atoms with E-state index in [0.29, 0.717) is 32.3 Å². The third kappa shape index (κ3) is 7.26. The number of hydrogen-bond donors (Lipinski definition) is 4. The highest BCUT2D eigenvalue weighted by atomic mass is 16.7. The Morgan fingerprint density at radius 1 is 0.920 bits per heavy atom. The number of aliphatic hydroxyl groups is 4. The Kier molecular flexibility index (Phi) is 12.2. The van der Waals surface area contributed by atoms with Crippen molar-refractivity contribution < 1.29 is 39.4 Å². The average molecular weight is 702 g/mol. The molecule has 4 unspecified atom stereocenters. The maximum atomic E-state index is 12.8. The van der Waals surface area contributed by atoms with Gasteiger partial charge in [0.15, 0.2) is 6.29 Å². The number of aliphatic hydroxyl groups excluding tert-OH is 2. The minimum Gasteiger partial charge on any atom is -0.458 e. The van der Waals surface area contributed by atoms with Crippen LogP contribution in [0, 0.1) is 28.6 Å². The van der Waals surface area contributed by atoms with Crippen LogP contribution in [-0.2, 0) is 19.0 Å². The van der Waals surface area contributed by atoms with Crippen molar-refractivity contribution in [2.45, 2.75) is 191 Å². The van der Waals surface area contributed by atoms with Gasteiger partial charge < -0.3 is 34.6 Å². The maximum Gasteiger partial charge on any atom is 0.331 e. The van der Waals surface area contributed by atoms with Crippen LogP contribution in [0.2, 0.25) is 0 Å². The van der Waals surface area contributed by atoms with E-state index in [4.69, 9.17) is 19.2 Å². The first-order valence-corrected chi connectivity index (χ1v) is 20.5. The summed E-state index contributed by atoms with van der Waals surface area (Å²) in [6.07, 6.45) is 20.0. The van der Waals surface area contributed by atoms with Gasteiger partial charge >= 0.3 is 5.97 Å². The molecule has 9 heteroatoms. The summed E-state index contributed by atoms with van der Waals surface area (Å²) in [6, 6.07) is 0. The summed E-state index contributed by atoms with van der Waals surface area (Å²) < 4.78 is 17.7. The molecule has 4 N–H and O–H groups in total. The first-order valence-electron chi connectivity index (χ1n) is 20.5. The molecule has 0 amide bonds. The van der Waals surface area contributed by atoms with Crippen LogP contribution in [0.15, 0.2) is 16.6 Å². The third-order valence-electron chi connectivity index (χ3n) is 14.6. The molecule has 0 aromatic rings. The predicted octanol–water partition coefficient (Wildman–Crippen LogP) is 6.57. The molecule has 50 heavy (non-hydrogen) atoms. The van der Waals surface area contributed by atoms with E-state index in [-0.39, 0.29) is 41.7 Å². The number of cyclic esters (lactones) is 1. The highest BCUT2D eigenvalue weighted by molar-refractivity contribution is 5.85. The molecule has 0 radical (unpaired) electrons. The highest BCUT2D eigenvalue weighted by Gasteiger charge is 2.71. The Bertz CT molecular complexity index is 1210. The summed E-state index contributed by atoms with van der Waals surface area (Å²) in [5, 5.41) is 46.2. The van der Waals surface area contributed by atoms with E-state index < -0.39 is 41.2 Å². The molecule has 6 rings (SSSR count). The molecule has 6 aliphatic rings. The molecule has 0 bridgehead atoms. The number of ether oxygens (including phenoxy) is 3. The zero-order chi connectivity index (χ0) is 35.6. The average Bonchev–Trinajstić information content (AvgIpc) is 3.63. The molecule has 4 aliphatic carbocycles. The lowest BCUT2D eigenvalue weighted by Crippen LogP contribution is -2.69. The molecule has 0 aromatic carbocycles. The molecule has 0 aromatic heterocycles. The van der Waals surface area contributed by atoms with E-state index in [2.05, 4.69) is 20.1 Å². The number of unbranched alkanes of at least 4 members (excludes halogenated alkanes) is 9. The van der Waals surface area contributed by atoms with Gasteiger partial charge in [-0.05, 0) is 88.0 Å². The van der Waals surface area contributed by atoms with Crippen molar-refractivity contribution in [3.63, 3.8) is 0 Å². The Labute approximate surface area is 300 Å². The summed E-state index contributed by atoms with van der Waals surface area (Å²) in [4.78, 5) is 17.1. The van der Waals surface area contributed by atoms with Crippen LogP contribution in [0.25, 0.3) is 0 Å². The fraction of sp³-hybridized carbons (Fsp3) is 0.902. The second-order valence-corrected chi connectivity index (χ2v) is 17.4. The third-order valence-corrected chi connectivity index (χ3v) is 14.6. The predicted molar refractivity (Wildman–Crippen MR) is 193 cm³/mol. The second kappa shape index (κ2) is 15.9. The van der Waals surface area contributed by atoms with Crippen LogP contribution < -0.4 is 0 Å². The van der Waals surface area contributed by atoms with Gasteiger partial charge in [0.1, 0.15) is 12.7 Å². The van der Waals surface area contributed by atoms with Crippen LogP contribution >= 0.6 is 0 Å². The maximum absolute atomic E-state index is 12.8. The standard InChI is InChI=1S/C41H67NO8/c1-4-5-6-7-8-9-10-11-12-13-22-42-27-39-19-14-30(50-36-24-34(43)37(45)28(2)49-36)25-40(39,46)20-16-33-32(39)15-18-38(3)31(17-21-41(33,38)47)29-23-35(44)48-26-29/h23,27-28,30-34,36-37,43,45-47H,4-22,24-26H2,1-3H3/t28?,30-,31+,32-,33+,34?,36?,37?,38+,39-,40-,41-/m0/s1. The zero-order valence-corrected chi connectivity index (χ0v) is 31.2. The van der Waals surface area contributed by atoms with Crippen LogP contribution in [0.4, 0.5) is 0 Å². The number of hydrogen-bond acceptors (Lipinski definition) is 9. The number of rotatable bonds is 15. The van der Waals surface area contributed by atoms with Gasteiger partial charge in [0.2, 0.25) is 0 Å². The highest BCUT2D eigenvalue weighted by Crippen LogP contribution is 2.70. The number of nitrogens with zero attached hydrogens (tertiary/aromatic N) is 1. The van der Waals surface area contributed by atoms with Crippen molar-refractivity contribution in [3.8, 4) is 0 Å². The van der Waals surface area contributed by atoms with E-state index in [1.165, 1.54) is 57.8 Å². The number of fused-ring (bicyclic) bond motifs is 5. The van der Waals surface area contributed by atoms with Gasteiger partial charge in [-0.15, -0.1) is 0 Å². The van der Waals surface area contributed by atoms with Crippen molar-refractivity contribution in [1.29, 1.82) is 0 Å². The SMILES string of the molecule is CCCCCCCCCCCCN=C[C@]12CC[C@H](OC3CC(O)C(O)C(C)O3)C[C@@]1(O)CC[C@@H]1[C@@H]2CC[C@]2(C)[C@@H](C3=CC(=O)OC3)CC[C@]12O. The van der Waals surface area contributed by atoms with Gasteiger partial charge in [-0.1, -0.05) is 71.6 Å². The van der Waals surface area contributed by atoms with E-state index in [1.54, 1.807) is 13.0 Å². The number of aliphatic imine (C=N–C) groups is 1. The van der Waals surface area contributed by atoms with Gasteiger partial charge in [-0.3, -0.25) is 4.99 Å². The van der Waals surface area contributed by atoms with Gasteiger partial charge in [0.25, 0.3) is 0 Å². The molecule has 4 saturated carbocycles. The number of esters is 1. The molecule has 9 nitrogen and oxygen atoms in total. The van der Waals surface area contributed by atoms with Crippen LogP contribution in [0.5, 0.6) is 0 Å². The fourth-order valence-electron chi connectivity index (χ4n) is 11.7. The lowest BCUT2D eigenvalue weighted by molar-refractivity contribution is -0.282. The lowest BCUT2D eigenvalue weighted by atomic mass is 9.41. The number of carbonyl (C=O) groups excluding carboxylic acids is 1. The first kappa shape index (κ1) is 38.4. The Morgan fingerprint density at radius 3 is 2.30 bits per heavy atom. The molecular weight excluding hydrogens is 634 g/mol. The molecule has 5 fully saturated rings. The van der Waals surface area contributed by atoms with Crippen molar-refractivity contribution in [3.05, 3.63) is 11.6 Å². The zero-order valence-electron chi connectivity index (χ0n) is 31.2. The van der Waals surface area contributed by atoms with E-state index in [0.717, 1.165) is 50.6 Å². The van der Waals surface area contributed by atoms with Crippen molar-refractivity contribution in [1.82, 2.24) is 0 Å². The molecule has 284 valence electrons. The normalized spacial score (nSPS) is 44.5. The Morgan fingerprint density at radius 2 is 1.62 bits per heavy atom. The van der Waals surface area contributed by atoms with Gasteiger partial charge in [0, 0.05) is 42.5 Å². The van der Waals surface area contributed by atoms with Crippen LogP contribution in [-0.4, -0.2) is 87.7 Å². The molecule has 12 atom stereocenters. The number of carbonyl (C=O) groups is 1. The van der Waals surface area contributed by atoms with E-state index in [9.17, 15) is 25.2 Å². The molecular formula is C41H67NO8. The summed E-state index contributed by atoms with van der Waals surface area (Å²) in [5.74, 6) is -0.0252. The minimum atomic E-state index is -1.03. The van der Waals surface area contributed by atoms with Crippen molar-refractivity contribution in [2.24, 2.45) is 33.6 Å².